The summed E-state index contributed by atoms with van der Waals surface area (Å²) < 4.78 is 0. The van der Waals surface area contributed by atoms with E-state index in [0.29, 0.717) is 0 Å². The quantitative estimate of drug-likeness (QED) is 0.451. The van der Waals surface area contributed by atoms with Gasteiger partial charge in [-0.3, -0.25) is 0 Å². The van der Waals surface area contributed by atoms with Crippen LogP contribution >= 0.6 is 0 Å². The number of rotatable bonds is 1. The van der Waals surface area contributed by atoms with Gasteiger partial charge < -0.3 is 15.6 Å². The third kappa shape index (κ3) is 576. The predicted molar refractivity (Wildman–Crippen MR) is 28.7 cm³/mol. The number of hydrogen-bond acceptors (Lipinski definition) is 2. The Morgan fingerprint density at radius 1 is 1.75 bits per heavy atom. The lowest BCUT2D eigenvalue weighted by molar-refractivity contribution is -0.367. The van der Waals surface area contributed by atoms with Crippen LogP contribution < -0.4 is 10.8 Å². The average molecular weight is 119 g/mol. The Labute approximate surface area is 49.5 Å². The van der Waals surface area contributed by atoms with Crippen LogP contribution in [0.15, 0.2) is 0 Å². The lowest BCUT2D eigenvalue weighted by Gasteiger charge is -1.77. The standard InChI is InChI=1S/C3H9N.C2H4O2/c1-2-3-4;1-2(3)4/h2-4H2,1H3;1H3,(H,3,4). The number of carbonyl (C=O) groups excluding carboxylic acids is 1. The lowest BCUT2D eigenvalue weighted by Crippen LogP contribution is -2.49. The molecule has 0 radical (unpaired) electrons. The van der Waals surface area contributed by atoms with E-state index in [-0.39, 0.29) is 0 Å². The molecule has 0 aromatic rings. The van der Waals surface area contributed by atoms with Crippen molar-refractivity contribution < 1.29 is 15.6 Å². The molecule has 3 heteroatoms. The van der Waals surface area contributed by atoms with Crippen LogP contribution in [0, 0.1) is 0 Å². The van der Waals surface area contributed by atoms with Crippen molar-refractivity contribution >= 4 is 5.97 Å². The molecule has 3 N–H and O–H groups in total. The van der Waals surface area contributed by atoms with Crippen molar-refractivity contribution in [3.05, 3.63) is 0 Å². The molecular weight excluding hydrogens is 106 g/mol. The zero-order valence-corrected chi connectivity index (χ0v) is 5.44. The number of quaternary nitrogens is 1. The molecular formula is C5H13NO2. The van der Waals surface area contributed by atoms with Crippen molar-refractivity contribution in [3.8, 4) is 0 Å². The van der Waals surface area contributed by atoms with Gasteiger partial charge in [0.25, 0.3) is 0 Å². The SMILES string of the molecule is CC(=O)[O-].CCC[NH3+]. The lowest BCUT2D eigenvalue weighted by atomic mass is 10.5. The minimum Gasteiger partial charge on any atom is -0.550 e. The smallest absolute Gasteiger partial charge is 0.0737 e. The van der Waals surface area contributed by atoms with Gasteiger partial charge in [0.15, 0.2) is 0 Å². The van der Waals surface area contributed by atoms with E-state index in [9.17, 15) is 0 Å². The molecule has 0 aliphatic heterocycles. The number of carbonyl (C=O) groups is 1. The first-order valence-corrected chi connectivity index (χ1v) is 2.62. The van der Waals surface area contributed by atoms with Crippen LogP contribution in [0.25, 0.3) is 0 Å². The van der Waals surface area contributed by atoms with E-state index in [0.717, 1.165) is 13.5 Å². The maximum atomic E-state index is 8.89. The van der Waals surface area contributed by atoms with Crippen molar-refractivity contribution in [2.24, 2.45) is 0 Å². The molecule has 0 saturated heterocycles. The highest BCUT2D eigenvalue weighted by molar-refractivity contribution is 5.60. The summed E-state index contributed by atoms with van der Waals surface area (Å²) in [6.45, 7) is 4.16. The summed E-state index contributed by atoms with van der Waals surface area (Å²) in [5, 5.41) is 8.89. The van der Waals surface area contributed by atoms with E-state index in [1.165, 1.54) is 6.42 Å². The molecule has 0 aliphatic carbocycles. The predicted octanol–water partition coefficient (Wildman–Crippen LogP) is -1.61. The molecule has 0 aromatic heterocycles. The molecule has 8 heavy (non-hydrogen) atoms. The molecule has 50 valence electrons. The second-order valence-corrected chi connectivity index (χ2v) is 1.35. The number of hydrogen-bond donors (Lipinski definition) is 1. The van der Waals surface area contributed by atoms with Crippen LogP contribution in [0.1, 0.15) is 20.3 Å². The molecule has 0 rings (SSSR count). The first-order chi connectivity index (χ1) is 3.65. The van der Waals surface area contributed by atoms with Crippen molar-refractivity contribution in [1.29, 1.82) is 0 Å². The van der Waals surface area contributed by atoms with Gasteiger partial charge in [0.1, 0.15) is 0 Å². The molecule has 0 unspecified atom stereocenters. The van der Waals surface area contributed by atoms with E-state index < -0.39 is 5.97 Å². The largest absolute Gasteiger partial charge is 0.550 e. The zero-order chi connectivity index (χ0) is 6.99. The minimum absolute atomic E-state index is 0.972. The normalized spacial score (nSPS) is 6.88. The Hall–Kier alpha value is -0.570. The molecule has 0 aromatic carbocycles. The molecule has 0 aliphatic rings. The van der Waals surface area contributed by atoms with E-state index in [4.69, 9.17) is 9.90 Å². The monoisotopic (exact) mass is 119 g/mol. The second kappa shape index (κ2) is 9.66. The van der Waals surface area contributed by atoms with Gasteiger partial charge in [0.2, 0.25) is 0 Å². The van der Waals surface area contributed by atoms with Gasteiger partial charge in [-0.1, -0.05) is 6.92 Å². The summed E-state index contributed by atoms with van der Waals surface area (Å²) in [6, 6.07) is 0. The first kappa shape index (κ1) is 10.4. The van der Waals surface area contributed by atoms with Crippen LogP contribution in [0.4, 0.5) is 0 Å². The third-order valence-electron chi connectivity index (χ3n) is 0.354. The van der Waals surface area contributed by atoms with E-state index in [2.05, 4.69) is 12.7 Å². The van der Waals surface area contributed by atoms with Crippen molar-refractivity contribution in [2.75, 3.05) is 6.54 Å². The summed E-state index contributed by atoms with van der Waals surface area (Å²) in [6.07, 6.45) is 1.21. The fourth-order valence-electron chi connectivity index (χ4n) is 0. The molecule has 0 heterocycles. The van der Waals surface area contributed by atoms with Crippen LogP contribution in [0.3, 0.4) is 0 Å². The molecule has 3 nitrogen and oxygen atoms in total. The Morgan fingerprint density at radius 2 is 1.88 bits per heavy atom. The van der Waals surface area contributed by atoms with Crippen LogP contribution in [0.2, 0.25) is 0 Å². The summed E-state index contributed by atoms with van der Waals surface area (Å²) in [5.41, 5.74) is 3.60. The summed E-state index contributed by atoms with van der Waals surface area (Å²) in [7, 11) is 0. The van der Waals surface area contributed by atoms with Gasteiger partial charge in [-0.2, -0.15) is 0 Å². The highest BCUT2D eigenvalue weighted by Crippen LogP contribution is 1.54. The molecule has 0 bridgehead atoms. The van der Waals surface area contributed by atoms with Crippen LogP contribution in [0.5, 0.6) is 0 Å². The van der Waals surface area contributed by atoms with Gasteiger partial charge in [0.05, 0.1) is 6.54 Å². The summed E-state index contributed by atoms with van der Waals surface area (Å²) in [5.74, 6) is -1.08. The molecule has 0 amide bonds. The van der Waals surface area contributed by atoms with Crippen molar-refractivity contribution in [3.63, 3.8) is 0 Å². The average Bonchev–Trinajstić information content (AvgIpc) is 1.65. The van der Waals surface area contributed by atoms with Gasteiger partial charge in [-0.15, -0.1) is 0 Å². The summed E-state index contributed by atoms with van der Waals surface area (Å²) in [4.78, 5) is 8.89. The van der Waals surface area contributed by atoms with Crippen LogP contribution in [-0.2, 0) is 4.79 Å². The highest BCUT2D eigenvalue weighted by atomic mass is 16.4. The van der Waals surface area contributed by atoms with Crippen LogP contribution in [-0.4, -0.2) is 12.5 Å². The Morgan fingerprint density at radius 3 is 1.88 bits per heavy atom. The third-order valence-corrected chi connectivity index (χ3v) is 0.354. The topological polar surface area (TPSA) is 67.8 Å². The van der Waals surface area contributed by atoms with Gasteiger partial charge >= 0.3 is 0 Å². The summed E-state index contributed by atoms with van der Waals surface area (Å²) >= 11 is 0. The Bertz CT molecular complexity index is 48.4. The maximum absolute atomic E-state index is 8.89. The van der Waals surface area contributed by atoms with E-state index in [1.54, 1.807) is 0 Å². The minimum atomic E-state index is -1.08. The van der Waals surface area contributed by atoms with E-state index >= 15 is 0 Å². The highest BCUT2D eigenvalue weighted by Gasteiger charge is 1.59. The van der Waals surface area contributed by atoms with Crippen molar-refractivity contribution in [2.45, 2.75) is 20.3 Å². The molecule has 0 fully saturated rings. The zero-order valence-electron chi connectivity index (χ0n) is 5.44. The van der Waals surface area contributed by atoms with Gasteiger partial charge in [0, 0.05) is 5.97 Å². The Balaban J connectivity index is 0. The van der Waals surface area contributed by atoms with Crippen molar-refractivity contribution in [1.82, 2.24) is 0 Å². The molecule has 0 atom stereocenters. The van der Waals surface area contributed by atoms with Gasteiger partial charge in [-0.25, -0.2) is 0 Å². The number of carboxylic acids is 1. The maximum Gasteiger partial charge on any atom is 0.0737 e. The Kier molecular flexibility index (Phi) is 12.6. The van der Waals surface area contributed by atoms with E-state index in [1.807, 2.05) is 0 Å². The molecule has 0 spiro atoms. The first-order valence-electron chi connectivity index (χ1n) is 2.62. The fraction of sp³-hybridized carbons (Fsp3) is 0.800. The molecule has 0 saturated carbocycles. The number of carboxylic acid groups (broad SMARTS) is 1. The fourth-order valence-corrected chi connectivity index (χ4v) is 0. The van der Waals surface area contributed by atoms with Gasteiger partial charge in [-0.05, 0) is 13.3 Å². The number of aliphatic carboxylic acids is 1. The second-order valence-electron chi connectivity index (χ2n) is 1.35.